The van der Waals surface area contributed by atoms with Crippen LogP contribution in [0, 0.1) is 10.6 Å². The van der Waals surface area contributed by atoms with Crippen molar-refractivity contribution in [3.05, 3.63) is 39.3 Å². The van der Waals surface area contributed by atoms with Gasteiger partial charge in [0.05, 0.1) is 24.2 Å². The number of aromatic amines is 1. The Hall–Kier alpha value is -1.73. The normalized spacial score (nSPS) is 12.7. The summed E-state index contributed by atoms with van der Waals surface area (Å²) in [4.78, 5) is 7.44. The van der Waals surface area contributed by atoms with Crippen LogP contribution in [0.15, 0.2) is 23.7 Å². The van der Waals surface area contributed by atoms with Gasteiger partial charge < -0.3 is 14.3 Å². The minimum absolute atomic E-state index is 0.0291. The fourth-order valence-electron chi connectivity index (χ4n) is 2.46. The lowest BCUT2D eigenvalue weighted by atomic mass is 10.2. The van der Waals surface area contributed by atoms with Crippen molar-refractivity contribution < 1.29 is 9.13 Å². The quantitative estimate of drug-likeness (QED) is 0.728. The van der Waals surface area contributed by atoms with E-state index in [0.29, 0.717) is 10.3 Å². The molecule has 0 saturated heterocycles. The smallest absolute Gasteiger partial charge is 0.178 e. The second-order valence-electron chi connectivity index (χ2n) is 4.60. The molecule has 0 amide bonds. The number of ether oxygens (including phenoxy) is 1. The van der Waals surface area contributed by atoms with Crippen LogP contribution in [0.4, 0.5) is 4.39 Å². The van der Waals surface area contributed by atoms with Crippen LogP contribution in [0.3, 0.4) is 0 Å². The van der Waals surface area contributed by atoms with E-state index in [0.717, 1.165) is 16.9 Å². The summed E-state index contributed by atoms with van der Waals surface area (Å²) in [6.45, 7) is 2.08. The predicted molar refractivity (Wildman–Crippen MR) is 84.2 cm³/mol. The van der Waals surface area contributed by atoms with Gasteiger partial charge in [-0.05, 0) is 18.6 Å². The minimum atomic E-state index is -0.407. The third kappa shape index (κ3) is 2.36. The van der Waals surface area contributed by atoms with Crippen molar-refractivity contribution >= 4 is 34.6 Å². The highest BCUT2D eigenvalue weighted by Gasteiger charge is 2.19. The van der Waals surface area contributed by atoms with E-state index in [9.17, 15) is 4.39 Å². The number of aromatic nitrogens is 3. The first kappa shape index (κ1) is 14.2. The Bertz CT molecular complexity index is 823. The van der Waals surface area contributed by atoms with Crippen LogP contribution in [0.2, 0.25) is 0 Å². The zero-order valence-electron chi connectivity index (χ0n) is 11.6. The van der Waals surface area contributed by atoms with Crippen LogP contribution >= 0.6 is 23.6 Å². The van der Waals surface area contributed by atoms with Gasteiger partial charge in [0, 0.05) is 23.7 Å². The molecule has 1 aromatic carbocycles. The predicted octanol–water partition coefficient (Wildman–Crippen LogP) is 4.30. The van der Waals surface area contributed by atoms with Gasteiger partial charge in [-0.3, -0.25) is 0 Å². The number of benzene rings is 1. The van der Waals surface area contributed by atoms with Gasteiger partial charge in [0.15, 0.2) is 16.3 Å². The van der Waals surface area contributed by atoms with Crippen LogP contribution in [0.25, 0.3) is 11.0 Å². The molecule has 0 radical (unpaired) electrons. The number of methoxy groups -OCH3 is 1. The van der Waals surface area contributed by atoms with Crippen molar-refractivity contribution in [3.8, 4) is 5.75 Å². The first-order valence-electron chi connectivity index (χ1n) is 6.52. The Morgan fingerprint density at radius 2 is 2.33 bits per heavy atom. The van der Waals surface area contributed by atoms with Gasteiger partial charge in [-0.15, -0.1) is 11.3 Å². The van der Waals surface area contributed by atoms with Crippen LogP contribution in [-0.4, -0.2) is 21.6 Å². The Morgan fingerprint density at radius 1 is 1.52 bits per heavy atom. The average molecular weight is 323 g/mol. The molecule has 0 aliphatic carbocycles. The zero-order chi connectivity index (χ0) is 15.0. The molecule has 0 bridgehead atoms. The molecule has 1 atom stereocenters. The minimum Gasteiger partial charge on any atom is -0.494 e. The summed E-state index contributed by atoms with van der Waals surface area (Å²) in [6.07, 6.45) is 2.62. The number of fused-ring (bicyclic) bond motifs is 1. The van der Waals surface area contributed by atoms with Crippen molar-refractivity contribution in [2.24, 2.45) is 0 Å². The molecular formula is C14H14FN3OS2. The van der Waals surface area contributed by atoms with Gasteiger partial charge in [0.25, 0.3) is 0 Å². The number of halogens is 1. The molecule has 0 saturated carbocycles. The van der Waals surface area contributed by atoms with Crippen LogP contribution < -0.4 is 4.74 Å². The largest absolute Gasteiger partial charge is 0.494 e. The SMILES string of the molecule is CCC(c1nccs1)n1c(=S)[nH]c2cc(F)c(OC)cc21. The van der Waals surface area contributed by atoms with Crippen molar-refractivity contribution in [2.45, 2.75) is 19.4 Å². The number of hydrogen-bond donors (Lipinski definition) is 1. The number of H-pyrrole nitrogens is 1. The number of imidazole rings is 1. The summed E-state index contributed by atoms with van der Waals surface area (Å²) in [5.41, 5.74) is 1.48. The van der Waals surface area contributed by atoms with E-state index in [1.54, 1.807) is 23.6 Å². The Morgan fingerprint density at radius 3 is 2.95 bits per heavy atom. The fraction of sp³-hybridized carbons (Fsp3) is 0.286. The third-order valence-electron chi connectivity index (χ3n) is 3.42. The molecule has 0 fully saturated rings. The van der Waals surface area contributed by atoms with Crippen molar-refractivity contribution in [1.29, 1.82) is 0 Å². The molecule has 4 nitrogen and oxygen atoms in total. The van der Waals surface area contributed by atoms with Gasteiger partial charge in [0.1, 0.15) is 5.01 Å². The summed E-state index contributed by atoms with van der Waals surface area (Å²) in [5.74, 6) is -0.199. The first-order valence-corrected chi connectivity index (χ1v) is 7.81. The molecule has 7 heteroatoms. The van der Waals surface area contributed by atoms with E-state index in [-0.39, 0.29) is 11.8 Å². The molecule has 110 valence electrons. The lowest BCUT2D eigenvalue weighted by molar-refractivity contribution is 0.387. The molecule has 3 rings (SSSR count). The molecule has 0 aliphatic rings. The highest BCUT2D eigenvalue weighted by atomic mass is 32.1. The van der Waals surface area contributed by atoms with E-state index in [2.05, 4.69) is 16.9 Å². The topological polar surface area (TPSA) is 42.8 Å². The van der Waals surface area contributed by atoms with Gasteiger partial charge in [-0.1, -0.05) is 6.92 Å². The molecule has 2 aromatic heterocycles. The van der Waals surface area contributed by atoms with Crippen molar-refractivity contribution in [3.63, 3.8) is 0 Å². The second-order valence-corrected chi connectivity index (χ2v) is 5.91. The van der Waals surface area contributed by atoms with Crippen LogP contribution in [0.1, 0.15) is 24.4 Å². The highest BCUT2D eigenvalue weighted by molar-refractivity contribution is 7.71. The second kappa shape index (κ2) is 5.57. The molecule has 1 N–H and O–H groups in total. The third-order valence-corrected chi connectivity index (χ3v) is 4.60. The number of nitrogens with one attached hydrogen (secondary N) is 1. The summed E-state index contributed by atoms with van der Waals surface area (Å²) in [6, 6.07) is 3.11. The molecule has 1 unspecified atom stereocenters. The molecule has 21 heavy (non-hydrogen) atoms. The molecule has 3 aromatic rings. The Labute approximate surface area is 130 Å². The molecular weight excluding hydrogens is 309 g/mol. The summed E-state index contributed by atoms with van der Waals surface area (Å²) in [7, 11) is 1.45. The van der Waals surface area contributed by atoms with E-state index in [1.807, 2.05) is 9.95 Å². The maximum Gasteiger partial charge on any atom is 0.178 e. The Kier molecular flexibility index (Phi) is 3.77. The van der Waals surface area contributed by atoms with Crippen molar-refractivity contribution in [2.75, 3.05) is 7.11 Å². The van der Waals surface area contributed by atoms with Crippen molar-refractivity contribution in [1.82, 2.24) is 14.5 Å². The average Bonchev–Trinajstić information content (AvgIpc) is 3.08. The molecule has 0 aliphatic heterocycles. The van der Waals surface area contributed by atoms with E-state index < -0.39 is 5.82 Å². The number of rotatable bonds is 4. The van der Waals surface area contributed by atoms with Crippen LogP contribution in [0.5, 0.6) is 5.75 Å². The first-order chi connectivity index (χ1) is 10.2. The standard InChI is InChI=1S/C14H14FN3OS2/c1-3-10(13-16-4-5-21-13)18-11-7-12(19-2)8(15)6-9(11)17-14(18)20/h4-7,10H,3H2,1-2H3,(H,17,20). The van der Waals surface area contributed by atoms with Gasteiger partial charge in [0.2, 0.25) is 0 Å². The van der Waals surface area contributed by atoms with Gasteiger partial charge in [-0.2, -0.15) is 0 Å². The van der Waals surface area contributed by atoms with Gasteiger partial charge >= 0.3 is 0 Å². The maximum absolute atomic E-state index is 13.8. The summed E-state index contributed by atoms with van der Waals surface area (Å²) in [5, 5.41) is 2.93. The number of nitrogens with zero attached hydrogens (tertiary/aromatic N) is 2. The fourth-order valence-corrected chi connectivity index (χ4v) is 3.61. The van der Waals surface area contributed by atoms with Gasteiger partial charge in [-0.25, -0.2) is 9.37 Å². The lowest BCUT2D eigenvalue weighted by Crippen LogP contribution is -2.09. The lowest BCUT2D eigenvalue weighted by Gasteiger charge is -2.15. The monoisotopic (exact) mass is 323 g/mol. The highest BCUT2D eigenvalue weighted by Crippen LogP contribution is 2.31. The van der Waals surface area contributed by atoms with E-state index in [4.69, 9.17) is 17.0 Å². The zero-order valence-corrected chi connectivity index (χ0v) is 13.2. The van der Waals surface area contributed by atoms with E-state index >= 15 is 0 Å². The number of thiazole rings is 1. The van der Waals surface area contributed by atoms with Crippen LogP contribution in [-0.2, 0) is 0 Å². The Balaban J connectivity index is 2.26. The summed E-state index contributed by atoms with van der Waals surface area (Å²) >= 11 is 7.00. The summed E-state index contributed by atoms with van der Waals surface area (Å²) < 4.78 is 21.4. The number of hydrogen-bond acceptors (Lipinski definition) is 4. The van der Waals surface area contributed by atoms with E-state index in [1.165, 1.54) is 13.2 Å². The molecule has 0 spiro atoms. The molecule has 2 heterocycles. The maximum atomic E-state index is 13.8.